The zero-order valence-corrected chi connectivity index (χ0v) is 10.6. The molecule has 1 aromatic carbocycles. The van der Waals surface area contributed by atoms with Crippen molar-refractivity contribution in [2.75, 3.05) is 0 Å². The Hall–Kier alpha value is -1.61. The first-order valence-electron chi connectivity index (χ1n) is 5.66. The molecule has 0 aromatic heterocycles. The maximum atomic E-state index is 11.8. The molecule has 17 heavy (non-hydrogen) atoms. The van der Waals surface area contributed by atoms with Crippen molar-refractivity contribution in [2.24, 2.45) is 5.73 Å². The van der Waals surface area contributed by atoms with E-state index < -0.39 is 0 Å². The Morgan fingerprint density at radius 3 is 2.35 bits per heavy atom. The number of carbonyl (C=O) groups excluding carboxylic acids is 1. The predicted octanol–water partition coefficient (Wildman–Crippen LogP) is 2.41. The summed E-state index contributed by atoms with van der Waals surface area (Å²) >= 11 is 0. The van der Waals surface area contributed by atoms with E-state index in [0.717, 1.165) is 11.1 Å². The average Bonchev–Trinajstić information content (AvgIpc) is 2.27. The lowest BCUT2D eigenvalue weighted by Gasteiger charge is -2.13. The molecule has 2 N–H and O–H groups in total. The van der Waals surface area contributed by atoms with Crippen LogP contribution in [0.2, 0.25) is 0 Å². The lowest BCUT2D eigenvalue weighted by molar-refractivity contribution is -0.140. The largest absolute Gasteiger partial charge is 0.457 e. The number of ether oxygens (including phenoxy) is 1. The predicted molar refractivity (Wildman–Crippen MR) is 68.3 cm³/mol. The van der Waals surface area contributed by atoms with Gasteiger partial charge in [0.15, 0.2) is 0 Å². The van der Waals surface area contributed by atoms with E-state index in [1.807, 2.05) is 44.2 Å². The van der Waals surface area contributed by atoms with Gasteiger partial charge in [0.1, 0.15) is 6.61 Å². The highest BCUT2D eigenvalue weighted by Gasteiger charge is 2.16. The summed E-state index contributed by atoms with van der Waals surface area (Å²) in [5, 5.41) is 0. The van der Waals surface area contributed by atoms with Crippen molar-refractivity contribution in [1.82, 2.24) is 0 Å². The molecule has 3 nitrogen and oxygen atoms in total. The molecule has 1 rings (SSSR count). The van der Waals surface area contributed by atoms with Crippen molar-refractivity contribution < 1.29 is 9.53 Å². The molecule has 1 aromatic rings. The first-order valence-corrected chi connectivity index (χ1v) is 5.66. The first-order chi connectivity index (χ1) is 8.02. The van der Waals surface area contributed by atoms with E-state index >= 15 is 0 Å². The van der Waals surface area contributed by atoms with E-state index in [4.69, 9.17) is 10.5 Å². The van der Waals surface area contributed by atoms with Gasteiger partial charge < -0.3 is 10.5 Å². The average molecular weight is 233 g/mol. The van der Waals surface area contributed by atoms with E-state index in [2.05, 4.69) is 0 Å². The minimum atomic E-state index is -0.330. The minimum absolute atomic E-state index is 0.281. The van der Waals surface area contributed by atoms with Crippen molar-refractivity contribution in [1.29, 1.82) is 0 Å². The Morgan fingerprint density at radius 1 is 1.29 bits per heavy atom. The Labute approximate surface area is 102 Å². The third kappa shape index (κ3) is 4.04. The van der Waals surface area contributed by atoms with Gasteiger partial charge in [-0.25, -0.2) is 4.79 Å². The summed E-state index contributed by atoms with van der Waals surface area (Å²) in [6.45, 7) is 5.79. The van der Waals surface area contributed by atoms with E-state index in [-0.39, 0.29) is 18.6 Å². The normalized spacial score (nSPS) is 11.8. The van der Waals surface area contributed by atoms with Gasteiger partial charge in [0.05, 0.1) is 5.57 Å². The number of allylic oxidation sites excluding steroid dienone is 1. The van der Waals surface area contributed by atoms with Crippen LogP contribution in [-0.2, 0) is 16.1 Å². The molecule has 1 unspecified atom stereocenters. The van der Waals surface area contributed by atoms with Crippen LogP contribution in [0.4, 0.5) is 0 Å². The van der Waals surface area contributed by atoms with E-state index in [0.29, 0.717) is 5.57 Å². The second-order valence-corrected chi connectivity index (χ2v) is 4.26. The summed E-state index contributed by atoms with van der Waals surface area (Å²) in [5.74, 6) is -0.330. The van der Waals surface area contributed by atoms with Crippen LogP contribution in [0, 0.1) is 0 Å². The number of rotatable bonds is 4. The van der Waals surface area contributed by atoms with Gasteiger partial charge in [-0.1, -0.05) is 35.9 Å². The maximum absolute atomic E-state index is 11.8. The topological polar surface area (TPSA) is 52.3 Å². The van der Waals surface area contributed by atoms with Gasteiger partial charge >= 0.3 is 5.97 Å². The van der Waals surface area contributed by atoms with Gasteiger partial charge in [0.25, 0.3) is 0 Å². The van der Waals surface area contributed by atoms with Crippen molar-refractivity contribution >= 4 is 5.97 Å². The lowest BCUT2D eigenvalue weighted by Crippen LogP contribution is -2.26. The summed E-state index contributed by atoms with van der Waals surface area (Å²) in [4.78, 5) is 11.8. The summed E-state index contributed by atoms with van der Waals surface area (Å²) in [7, 11) is 0. The fraction of sp³-hybridized carbons (Fsp3) is 0.357. The summed E-state index contributed by atoms with van der Waals surface area (Å²) < 4.78 is 5.24. The number of carbonyl (C=O) groups is 1. The zero-order chi connectivity index (χ0) is 12.8. The minimum Gasteiger partial charge on any atom is -0.457 e. The Kier molecular flexibility index (Phi) is 4.91. The Balaban J connectivity index is 2.64. The first kappa shape index (κ1) is 13.5. The van der Waals surface area contributed by atoms with Crippen molar-refractivity contribution in [3.63, 3.8) is 0 Å². The smallest absolute Gasteiger partial charge is 0.335 e. The number of hydrogen-bond acceptors (Lipinski definition) is 3. The molecule has 0 aliphatic rings. The number of esters is 1. The van der Waals surface area contributed by atoms with Crippen molar-refractivity contribution in [2.45, 2.75) is 33.4 Å². The number of benzene rings is 1. The Bertz CT molecular complexity index is 403. The van der Waals surface area contributed by atoms with Crippen LogP contribution in [-0.4, -0.2) is 12.0 Å². The van der Waals surface area contributed by atoms with Gasteiger partial charge in [-0.3, -0.25) is 0 Å². The maximum Gasteiger partial charge on any atom is 0.335 e. The summed E-state index contributed by atoms with van der Waals surface area (Å²) in [6, 6.07) is 9.29. The van der Waals surface area contributed by atoms with Gasteiger partial charge in [-0.05, 0) is 26.3 Å². The second-order valence-electron chi connectivity index (χ2n) is 4.26. The molecular formula is C14H19NO2. The van der Waals surface area contributed by atoms with Gasteiger partial charge in [0.2, 0.25) is 0 Å². The van der Waals surface area contributed by atoms with E-state index in [1.54, 1.807) is 6.92 Å². The van der Waals surface area contributed by atoms with Crippen LogP contribution >= 0.6 is 0 Å². The third-order valence-corrected chi connectivity index (χ3v) is 2.43. The molecule has 0 saturated carbocycles. The molecule has 0 heterocycles. The lowest BCUT2D eigenvalue weighted by atomic mass is 10.1. The SMILES string of the molecule is CC(C)=C(C(=O)OCc1ccccc1)C(C)N. The molecule has 3 heteroatoms. The van der Waals surface area contributed by atoms with Crippen LogP contribution < -0.4 is 5.73 Å². The highest BCUT2D eigenvalue weighted by Crippen LogP contribution is 2.11. The highest BCUT2D eigenvalue weighted by atomic mass is 16.5. The van der Waals surface area contributed by atoms with Gasteiger partial charge in [-0.2, -0.15) is 0 Å². The zero-order valence-electron chi connectivity index (χ0n) is 10.6. The molecule has 0 aliphatic heterocycles. The summed E-state index contributed by atoms with van der Waals surface area (Å²) in [6.07, 6.45) is 0. The monoisotopic (exact) mass is 233 g/mol. The van der Waals surface area contributed by atoms with Gasteiger partial charge in [0, 0.05) is 6.04 Å². The van der Waals surface area contributed by atoms with E-state index in [1.165, 1.54) is 0 Å². The molecular weight excluding hydrogens is 214 g/mol. The van der Waals surface area contributed by atoms with Gasteiger partial charge in [-0.15, -0.1) is 0 Å². The highest BCUT2D eigenvalue weighted by molar-refractivity contribution is 5.90. The van der Waals surface area contributed by atoms with Crippen molar-refractivity contribution in [3.05, 3.63) is 47.0 Å². The third-order valence-electron chi connectivity index (χ3n) is 2.43. The number of hydrogen-bond donors (Lipinski definition) is 1. The fourth-order valence-electron chi connectivity index (χ4n) is 1.65. The molecule has 0 saturated heterocycles. The molecule has 92 valence electrons. The molecule has 0 spiro atoms. The van der Waals surface area contributed by atoms with Crippen LogP contribution in [0.15, 0.2) is 41.5 Å². The fourth-order valence-corrected chi connectivity index (χ4v) is 1.65. The second kappa shape index (κ2) is 6.21. The van der Waals surface area contributed by atoms with Crippen LogP contribution in [0.5, 0.6) is 0 Å². The summed E-state index contributed by atoms with van der Waals surface area (Å²) in [5.41, 5.74) is 8.18. The Morgan fingerprint density at radius 2 is 1.88 bits per heavy atom. The van der Waals surface area contributed by atoms with Crippen LogP contribution in [0.3, 0.4) is 0 Å². The number of nitrogens with two attached hydrogens (primary N) is 1. The van der Waals surface area contributed by atoms with Crippen LogP contribution in [0.1, 0.15) is 26.3 Å². The van der Waals surface area contributed by atoms with E-state index in [9.17, 15) is 4.79 Å². The molecule has 0 aliphatic carbocycles. The quantitative estimate of drug-likeness (QED) is 0.642. The standard InChI is InChI=1S/C14H19NO2/c1-10(2)13(11(3)15)14(16)17-9-12-7-5-4-6-8-12/h4-8,11H,9,15H2,1-3H3. The molecule has 0 amide bonds. The van der Waals surface area contributed by atoms with Crippen molar-refractivity contribution in [3.8, 4) is 0 Å². The molecule has 0 fully saturated rings. The molecule has 0 bridgehead atoms. The molecule has 1 atom stereocenters. The molecule has 0 radical (unpaired) electrons. The van der Waals surface area contributed by atoms with Crippen LogP contribution in [0.25, 0.3) is 0 Å².